The maximum Gasteiger partial charge on any atom is 0.230 e. The van der Waals surface area contributed by atoms with Gasteiger partial charge in [0.15, 0.2) is 0 Å². The molecule has 1 aromatic heterocycles. The number of carbonyl (C=O) groups excluding carboxylic acids is 2. The van der Waals surface area contributed by atoms with Gasteiger partial charge in [-0.2, -0.15) is 16.9 Å². The molecule has 2 aliphatic heterocycles. The Kier molecular flexibility index (Phi) is 4.91. The number of carbonyl (C=O) groups is 2. The van der Waals surface area contributed by atoms with E-state index < -0.39 is 5.92 Å². The molecule has 2 aliphatic rings. The fraction of sp³-hybridized carbons (Fsp3) is 0.450. The summed E-state index contributed by atoms with van der Waals surface area (Å²) in [5.41, 5.74) is 2.67. The van der Waals surface area contributed by atoms with Gasteiger partial charge < -0.3 is 10.2 Å². The van der Waals surface area contributed by atoms with E-state index in [-0.39, 0.29) is 23.8 Å². The first kappa shape index (κ1) is 19.3. The molecule has 1 saturated heterocycles. The molecule has 0 spiro atoms. The van der Waals surface area contributed by atoms with Crippen molar-refractivity contribution in [1.82, 2.24) is 9.78 Å². The van der Waals surface area contributed by atoms with Gasteiger partial charge in [-0.1, -0.05) is 11.6 Å². The van der Waals surface area contributed by atoms with E-state index in [1.807, 2.05) is 4.68 Å². The highest BCUT2D eigenvalue weighted by atomic mass is 35.5. The molecule has 1 N–H and O–H groups in total. The average molecular weight is 419 g/mol. The third-order valence-electron chi connectivity index (χ3n) is 5.06. The summed E-state index contributed by atoms with van der Waals surface area (Å²) in [5.74, 6) is 1.92. The molecule has 148 valence electrons. The van der Waals surface area contributed by atoms with Gasteiger partial charge >= 0.3 is 0 Å². The van der Waals surface area contributed by atoms with Crippen molar-refractivity contribution in [2.24, 2.45) is 5.92 Å². The van der Waals surface area contributed by atoms with Gasteiger partial charge in [-0.15, -0.1) is 0 Å². The quantitative estimate of drug-likeness (QED) is 0.817. The molecule has 0 bridgehead atoms. The standard InChI is InChI=1S/C20H23ClN4O2S/c1-20(2,3)25-18(15-10-28-11-16(15)23-25)22-19(27)12-8-17(26)24(9-12)14-6-4-13(21)5-7-14/h4-7,12H,8-11H2,1-3H3,(H,22,27)/t12-/m1/s1. The van der Waals surface area contributed by atoms with Crippen molar-refractivity contribution < 1.29 is 9.59 Å². The van der Waals surface area contributed by atoms with Gasteiger partial charge in [0.05, 0.1) is 17.2 Å². The predicted molar refractivity (Wildman–Crippen MR) is 113 cm³/mol. The van der Waals surface area contributed by atoms with Crippen molar-refractivity contribution in [3.8, 4) is 0 Å². The Balaban J connectivity index is 1.54. The van der Waals surface area contributed by atoms with Crippen LogP contribution in [0.2, 0.25) is 5.02 Å². The highest BCUT2D eigenvalue weighted by molar-refractivity contribution is 7.98. The fourth-order valence-electron chi connectivity index (χ4n) is 3.60. The molecular formula is C20H23ClN4O2S. The van der Waals surface area contributed by atoms with E-state index in [4.69, 9.17) is 16.7 Å². The highest BCUT2D eigenvalue weighted by Crippen LogP contribution is 2.37. The van der Waals surface area contributed by atoms with Crippen molar-refractivity contribution in [3.63, 3.8) is 0 Å². The number of fused-ring (bicyclic) bond motifs is 1. The lowest BCUT2D eigenvalue weighted by Gasteiger charge is -2.24. The van der Waals surface area contributed by atoms with Crippen molar-refractivity contribution in [3.05, 3.63) is 40.5 Å². The predicted octanol–water partition coefficient (Wildman–Crippen LogP) is 4.03. The zero-order valence-corrected chi connectivity index (χ0v) is 17.7. The molecule has 1 atom stereocenters. The normalized spacial score (nSPS) is 19.2. The third-order valence-corrected chi connectivity index (χ3v) is 6.29. The van der Waals surface area contributed by atoms with Crippen LogP contribution in [0.15, 0.2) is 24.3 Å². The van der Waals surface area contributed by atoms with Crippen molar-refractivity contribution in [2.75, 3.05) is 16.8 Å². The summed E-state index contributed by atoms with van der Waals surface area (Å²) in [5, 5.41) is 8.43. The minimum atomic E-state index is -0.392. The Morgan fingerprint density at radius 2 is 1.96 bits per heavy atom. The molecular weight excluding hydrogens is 396 g/mol. The lowest BCUT2D eigenvalue weighted by molar-refractivity contribution is -0.122. The van der Waals surface area contributed by atoms with Gasteiger partial charge in [-0.3, -0.25) is 9.59 Å². The molecule has 2 amide bonds. The molecule has 0 saturated carbocycles. The van der Waals surface area contributed by atoms with Crippen LogP contribution in [-0.4, -0.2) is 28.1 Å². The van der Waals surface area contributed by atoms with Crippen molar-refractivity contribution >= 4 is 46.7 Å². The Morgan fingerprint density at radius 1 is 1.25 bits per heavy atom. The molecule has 2 aromatic rings. The first-order valence-electron chi connectivity index (χ1n) is 9.30. The Hall–Kier alpha value is -1.99. The van der Waals surface area contributed by atoms with Crippen LogP contribution >= 0.6 is 23.4 Å². The van der Waals surface area contributed by atoms with Crippen molar-refractivity contribution in [2.45, 2.75) is 44.2 Å². The number of thioether (sulfide) groups is 1. The van der Waals surface area contributed by atoms with Crippen LogP contribution < -0.4 is 10.2 Å². The molecule has 1 aromatic carbocycles. The van der Waals surface area contributed by atoms with Crippen LogP contribution in [-0.2, 0) is 26.6 Å². The molecule has 6 nitrogen and oxygen atoms in total. The Labute approximate surface area is 173 Å². The summed E-state index contributed by atoms with van der Waals surface area (Å²) in [6.45, 7) is 6.57. The van der Waals surface area contributed by atoms with E-state index in [9.17, 15) is 9.59 Å². The van der Waals surface area contributed by atoms with E-state index in [0.29, 0.717) is 11.6 Å². The van der Waals surface area contributed by atoms with Gasteiger partial charge in [0.2, 0.25) is 11.8 Å². The number of benzene rings is 1. The maximum absolute atomic E-state index is 13.0. The van der Waals surface area contributed by atoms with E-state index >= 15 is 0 Å². The summed E-state index contributed by atoms with van der Waals surface area (Å²) >= 11 is 7.74. The number of nitrogens with zero attached hydrogens (tertiary/aromatic N) is 3. The molecule has 0 unspecified atom stereocenters. The number of aromatic nitrogens is 2. The van der Waals surface area contributed by atoms with Gasteiger partial charge in [0.1, 0.15) is 5.82 Å². The van der Waals surface area contributed by atoms with E-state index in [1.165, 1.54) is 0 Å². The van der Waals surface area contributed by atoms with E-state index in [0.717, 1.165) is 34.3 Å². The summed E-state index contributed by atoms with van der Waals surface area (Å²) in [7, 11) is 0. The van der Waals surface area contributed by atoms with Crippen LogP contribution in [0.1, 0.15) is 38.4 Å². The highest BCUT2D eigenvalue weighted by Gasteiger charge is 2.37. The van der Waals surface area contributed by atoms with Gasteiger partial charge in [-0.05, 0) is 45.0 Å². The zero-order valence-electron chi connectivity index (χ0n) is 16.2. The molecule has 8 heteroatoms. The number of halogens is 1. The second kappa shape index (κ2) is 7.12. The summed E-state index contributed by atoms with van der Waals surface area (Å²) in [4.78, 5) is 27.1. The fourth-order valence-corrected chi connectivity index (χ4v) is 4.76. The smallest absolute Gasteiger partial charge is 0.230 e. The SMILES string of the molecule is CC(C)(C)n1nc2c(c1NC(=O)[C@@H]1CC(=O)N(c3ccc(Cl)cc3)C1)CSC2. The van der Waals surface area contributed by atoms with Crippen LogP contribution in [0.25, 0.3) is 0 Å². The summed E-state index contributed by atoms with van der Waals surface area (Å²) < 4.78 is 1.91. The zero-order chi connectivity index (χ0) is 20.1. The number of rotatable bonds is 3. The maximum atomic E-state index is 13.0. The monoisotopic (exact) mass is 418 g/mol. The minimum Gasteiger partial charge on any atom is -0.312 e. The lowest BCUT2D eigenvalue weighted by Crippen LogP contribution is -2.31. The van der Waals surface area contributed by atoms with E-state index in [2.05, 4.69) is 26.1 Å². The summed E-state index contributed by atoms with van der Waals surface area (Å²) in [6.07, 6.45) is 0.203. The van der Waals surface area contributed by atoms with Gasteiger partial charge in [0, 0.05) is 40.7 Å². The number of hydrogen-bond acceptors (Lipinski definition) is 4. The number of amides is 2. The Bertz CT molecular complexity index is 933. The third kappa shape index (κ3) is 3.53. The second-order valence-corrected chi connectivity index (χ2v) is 9.64. The number of nitrogens with one attached hydrogen (secondary N) is 1. The molecule has 4 rings (SSSR count). The first-order chi connectivity index (χ1) is 13.2. The van der Waals surface area contributed by atoms with Crippen molar-refractivity contribution in [1.29, 1.82) is 0 Å². The van der Waals surface area contributed by atoms with Crippen LogP contribution in [0.3, 0.4) is 0 Å². The molecule has 0 aliphatic carbocycles. The lowest BCUT2D eigenvalue weighted by atomic mass is 10.1. The molecule has 1 fully saturated rings. The van der Waals surface area contributed by atoms with Crippen LogP contribution in [0.4, 0.5) is 11.5 Å². The molecule has 28 heavy (non-hydrogen) atoms. The largest absolute Gasteiger partial charge is 0.312 e. The first-order valence-corrected chi connectivity index (χ1v) is 10.8. The summed E-state index contributed by atoms with van der Waals surface area (Å²) in [6, 6.07) is 7.11. The van der Waals surface area contributed by atoms with Gasteiger partial charge in [-0.25, -0.2) is 4.68 Å². The number of anilines is 2. The average Bonchev–Trinajstić information content (AvgIpc) is 3.31. The minimum absolute atomic E-state index is 0.0485. The van der Waals surface area contributed by atoms with Crippen LogP contribution in [0, 0.1) is 5.92 Å². The van der Waals surface area contributed by atoms with Gasteiger partial charge in [0.25, 0.3) is 0 Å². The molecule has 3 heterocycles. The van der Waals surface area contributed by atoms with E-state index in [1.54, 1.807) is 40.9 Å². The molecule has 0 radical (unpaired) electrons. The van der Waals surface area contributed by atoms with Crippen LogP contribution in [0.5, 0.6) is 0 Å². The Morgan fingerprint density at radius 3 is 2.64 bits per heavy atom. The number of hydrogen-bond donors (Lipinski definition) is 1. The topological polar surface area (TPSA) is 67.2 Å². The second-order valence-electron chi connectivity index (χ2n) is 8.22.